The summed E-state index contributed by atoms with van der Waals surface area (Å²) < 4.78 is 6.07. The van der Waals surface area contributed by atoms with Crippen LogP contribution in [0.5, 0.6) is 5.75 Å². The van der Waals surface area contributed by atoms with E-state index >= 15 is 0 Å². The molecule has 3 rings (SSSR count). The van der Waals surface area contributed by atoms with E-state index in [-0.39, 0.29) is 28.7 Å². The highest BCUT2D eigenvalue weighted by Crippen LogP contribution is 2.37. The Kier molecular flexibility index (Phi) is 4.88. The van der Waals surface area contributed by atoms with Crippen LogP contribution in [0.3, 0.4) is 0 Å². The van der Waals surface area contributed by atoms with Crippen LogP contribution in [0.15, 0.2) is 22.5 Å². The average molecular weight is 364 g/mol. The van der Waals surface area contributed by atoms with E-state index in [1.165, 1.54) is 36.1 Å². The quantitative estimate of drug-likeness (QED) is 0.768. The van der Waals surface area contributed by atoms with Gasteiger partial charge in [0.15, 0.2) is 4.34 Å². The summed E-state index contributed by atoms with van der Waals surface area (Å²) in [7, 11) is -1.15. The van der Waals surface area contributed by atoms with Crippen LogP contribution in [0.4, 0.5) is 0 Å². The molecular weight excluding hydrogens is 351 g/mol. The minimum absolute atomic E-state index is 0.0128. The van der Waals surface area contributed by atoms with Crippen molar-refractivity contribution in [3.8, 4) is 5.75 Å². The van der Waals surface area contributed by atoms with Crippen molar-refractivity contribution in [3.63, 3.8) is 0 Å². The van der Waals surface area contributed by atoms with Crippen molar-refractivity contribution in [1.29, 1.82) is 0 Å². The number of Topliss-reactive ketones (excluding diaryl/α,β-unsaturated/α-hetero) is 1. The maximum atomic E-state index is 11.2. The van der Waals surface area contributed by atoms with Crippen LogP contribution in [0.2, 0.25) is 0 Å². The van der Waals surface area contributed by atoms with E-state index in [2.05, 4.69) is 10.2 Å². The Labute approximate surface area is 146 Å². The lowest BCUT2D eigenvalue weighted by atomic mass is 9.77. The number of fused-ring (bicyclic) bond motifs is 1. The summed E-state index contributed by atoms with van der Waals surface area (Å²) in [6, 6.07) is 4.88. The molecule has 0 spiro atoms. The largest absolute Gasteiger partial charge is 0.537 e. The minimum atomic E-state index is -1.15. The number of carbonyl (C=O) groups excluding carboxylic acids is 1. The molecule has 10 heteroatoms. The molecule has 1 aliphatic rings. The molecule has 7 nitrogen and oxygen atoms in total. The molecule has 0 fully saturated rings. The van der Waals surface area contributed by atoms with Gasteiger partial charge in [0.1, 0.15) is 16.5 Å². The molecule has 0 saturated heterocycles. The zero-order valence-electron chi connectivity index (χ0n) is 12.6. The van der Waals surface area contributed by atoms with Gasteiger partial charge in [-0.25, -0.2) is 4.79 Å². The van der Waals surface area contributed by atoms with Crippen LogP contribution in [-0.2, 0) is 17.6 Å². The molecule has 0 radical (unpaired) electrons. The Balaban J connectivity index is 1.77. The Bertz CT molecular complexity index is 797. The van der Waals surface area contributed by atoms with E-state index in [0.717, 1.165) is 5.56 Å². The molecule has 124 valence electrons. The Morgan fingerprint density at radius 3 is 2.96 bits per heavy atom. The maximum Gasteiger partial charge on any atom is 0.537 e. The fourth-order valence-corrected chi connectivity index (χ4v) is 4.64. The second-order valence-corrected chi connectivity index (χ2v) is 7.86. The highest BCUT2D eigenvalue weighted by atomic mass is 32.2. The number of thioether (sulfide) groups is 1. The third-order valence-corrected chi connectivity index (χ3v) is 5.65. The second-order valence-electron chi connectivity index (χ2n) is 5.31. The zero-order chi connectivity index (χ0) is 17.3. The van der Waals surface area contributed by atoms with Gasteiger partial charge in [-0.3, -0.25) is 4.79 Å². The molecule has 0 bridgehead atoms. The molecule has 2 N–H and O–H groups in total. The van der Waals surface area contributed by atoms with E-state index in [1.807, 2.05) is 0 Å². The number of hydrogen-bond donors (Lipinski definition) is 2. The Morgan fingerprint density at radius 2 is 2.25 bits per heavy atom. The van der Waals surface area contributed by atoms with Crippen molar-refractivity contribution < 1.29 is 24.4 Å². The van der Waals surface area contributed by atoms with E-state index in [9.17, 15) is 19.7 Å². The van der Waals surface area contributed by atoms with Crippen molar-refractivity contribution in [3.05, 3.63) is 34.3 Å². The minimum Gasteiger partial charge on any atom is -0.535 e. The van der Waals surface area contributed by atoms with Gasteiger partial charge in [0.25, 0.3) is 0 Å². The molecule has 0 aliphatic carbocycles. The van der Waals surface area contributed by atoms with E-state index in [0.29, 0.717) is 15.8 Å². The van der Waals surface area contributed by atoms with Crippen molar-refractivity contribution >= 4 is 42.0 Å². The van der Waals surface area contributed by atoms with Gasteiger partial charge in [0.05, 0.1) is 17.1 Å². The lowest BCUT2D eigenvalue weighted by Gasteiger charge is -2.27. The maximum absolute atomic E-state index is 11.2. The summed E-state index contributed by atoms with van der Waals surface area (Å²) in [5.74, 6) is -0.870. The van der Waals surface area contributed by atoms with E-state index < -0.39 is 13.1 Å². The number of aromatic nitrogens is 2. The topological polar surface area (TPSA) is 110 Å². The molecule has 0 unspecified atom stereocenters. The van der Waals surface area contributed by atoms with Crippen LogP contribution >= 0.6 is 23.1 Å². The van der Waals surface area contributed by atoms with Crippen molar-refractivity contribution in [1.82, 2.24) is 10.2 Å². The lowest BCUT2D eigenvalue weighted by molar-refractivity contribution is -0.116. The third-order valence-electron chi connectivity index (χ3n) is 3.41. The van der Waals surface area contributed by atoms with Crippen LogP contribution in [0.25, 0.3) is 0 Å². The summed E-state index contributed by atoms with van der Waals surface area (Å²) in [5.41, 5.74) is 0.765. The number of ketones is 1. The van der Waals surface area contributed by atoms with Crippen molar-refractivity contribution in [2.45, 2.75) is 29.3 Å². The zero-order valence-corrected chi connectivity index (χ0v) is 14.3. The third kappa shape index (κ3) is 3.60. The van der Waals surface area contributed by atoms with Gasteiger partial charge in [-0.15, -0.1) is 10.2 Å². The SMILES string of the molecule is CC(=O)Cc1nnc(S[C@H]2Cc3cccc(C(=O)O)c3OB2O)s1. The normalized spacial score (nSPS) is 16.4. The number of carboxylic acids is 1. The van der Waals surface area contributed by atoms with Gasteiger partial charge in [-0.05, 0) is 25.0 Å². The van der Waals surface area contributed by atoms with Crippen LogP contribution in [0.1, 0.15) is 27.9 Å². The highest BCUT2D eigenvalue weighted by Gasteiger charge is 2.38. The van der Waals surface area contributed by atoms with Gasteiger partial charge in [0, 0.05) is 0 Å². The fraction of sp³-hybridized carbons (Fsp3) is 0.286. The molecule has 2 heterocycles. The number of rotatable bonds is 5. The smallest absolute Gasteiger partial charge is 0.535 e. The summed E-state index contributed by atoms with van der Waals surface area (Å²) in [6.45, 7) is 1.49. The molecule has 2 aromatic rings. The molecule has 0 saturated carbocycles. The molecule has 1 aliphatic heterocycles. The second kappa shape index (κ2) is 6.92. The Hall–Kier alpha value is -1.91. The molecular formula is C14H13BN2O5S2. The number of carboxylic acid groups (broad SMARTS) is 1. The molecule has 1 aromatic heterocycles. The first-order chi connectivity index (χ1) is 11.4. The predicted octanol–water partition coefficient (Wildman–Crippen LogP) is 1.48. The summed E-state index contributed by atoms with van der Waals surface area (Å²) in [6.07, 6.45) is 0.691. The average Bonchev–Trinajstić information content (AvgIpc) is 2.93. The number of carbonyl (C=O) groups is 2. The standard InChI is InChI=1S/C14H13BN2O5S2/c1-7(18)5-11-16-17-14(24-11)23-10-6-8-3-2-4-9(13(19)20)12(8)22-15(10)21/h2-4,10,21H,5-6H2,1H3,(H,19,20)/t10-/m0/s1. The van der Waals surface area contributed by atoms with Gasteiger partial charge >= 0.3 is 13.1 Å². The number of hydrogen-bond acceptors (Lipinski definition) is 8. The monoisotopic (exact) mass is 364 g/mol. The first kappa shape index (κ1) is 16.9. The summed E-state index contributed by atoms with van der Waals surface area (Å²) in [4.78, 5) is 22.3. The molecule has 1 aromatic carbocycles. The van der Waals surface area contributed by atoms with Crippen molar-refractivity contribution in [2.75, 3.05) is 0 Å². The number of para-hydroxylation sites is 1. The molecule has 24 heavy (non-hydrogen) atoms. The number of aromatic carboxylic acids is 1. The van der Waals surface area contributed by atoms with E-state index in [4.69, 9.17) is 4.65 Å². The summed E-state index contributed by atoms with van der Waals surface area (Å²) >= 11 is 2.61. The number of benzene rings is 1. The van der Waals surface area contributed by atoms with Crippen LogP contribution in [-0.4, -0.2) is 44.3 Å². The number of nitrogens with zero attached hydrogens (tertiary/aromatic N) is 2. The van der Waals surface area contributed by atoms with E-state index in [1.54, 1.807) is 12.1 Å². The predicted molar refractivity (Wildman–Crippen MR) is 89.6 cm³/mol. The van der Waals surface area contributed by atoms with Crippen LogP contribution < -0.4 is 4.65 Å². The van der Waals surface area contributed by atoms with Gasteiger partial charge in [0.2, 0.25) is 0 Å². The fourth-order valence-electron chi connectivity index (χ4n) is 2.37. The Morgan fingerprint density at radius 1 is 1.46 bits per heavy atom. The molecule has 1 atom stereocenters. The van der Waals surface area contributed by atoms with Crippen LogP contribution in [0, 0.1) is 0 Å². The first-order valence-electron chi connectivity index (χ1n) is 7.12. The molecule has 0 amide bonds. The highest BCUT2D eigenvalue weighted by molar-refractivity contribution is 8.02. The lowest BCUT2D eigenvalue weighted by Crippen LogP contribution is -2.40. The first-order valence-corrected chi connectivity index (χ1v) is 8.82. The van der Waals surface area contributed by atoms with Gasteiger partial charge < -0.3 is 14.8 Å². The van der Waals surface area contributed by atoms with Gasteiger partial charge in [-0.1, -0.05) is 35.2 Å². The van der Waals surface area contributed by atoms with Gasteiger partial charge in [-0.2, -0.15) is 0 Å². The van der Waals surface area contributed by atoms with Crippen molar-refractivity contribution in [2.24, 2.45) is 0 Å². The summed E-state index contributed by atoms with van der Waals surface area (Å²) in [5, 5.41) is 27.7.